The molecule has 2 aliphatic rings. The minimum atomic E-state index is -1.01. The number of likely N-dealkylation sites (tertiary alicyclic amines) is 1. The normalized spacial score (nSPS) is 24.4. The van der Waals surface area contributed by atoms with E-state index in [4.69, 9.17) is 0 Å². The van der Waals surface area contributed by atoms with Gasteiger partial charge in [0.15, 0.2) is 0 Å². The first-order valence-corrected chi connectivity index (χ1v) is 7.71. The molecule has 3 rings (SSSR count). The fourth-order valence-corrected chi connectivity index (χ4v) is 3.10. The number of nitrogens with one attached hydrogen (secondary N) is 1. The van der Waals surface area contributed by atoms with Crippen molar-refractivity contribution in [1.82, 2.24) is 10.2 Å². The van der Waals surface area contributed by atoms with Gasteiger partial charge in [-0.2, -0.15) is 0 Å². The zero-order valence-corrected chi connectivity index (χ0v) is 12.1. The lowest BCUT2D eigenvalue weighted by Gasteiger charge is -2.17. The molecule has 3 nitrogen and oxygen atoms in total. The summed E-state index contributed by atoms with van der Waals surface area (Å²) in [6, 6.07) is 3.98. The second kappa shape index (κ2) is 6.38. The van der Waals surface area contributed by atoms with Gasteiger partial charge in [-0.25, -0.2) is 8.78 Å². The third-order valence-electron chi connectivity index (χ3n) is 4.47. The molecule has 1 aliphatic heterocycles. The molecule has 116 valence electrons. The van der Waals surface area contributed by atoms with E-state index in [1.807, 2.05) is 0 Å². The molecule has 1 saturated heterocycles. The summed E-state index contributed by atoms with van der Waals surface area (Å²) < 4.78 is 26.6. The van der Waals surface area contributed by atoms with Crippen LogP contribution in [0.4, 0.5) is 8.78 Å². The molecular formula is C16H22F2N2O. The third-order valence-corrected chi connectivity index (χ3v) is 4.47. The van der Waals surface area contributed by atoms with Crippen LogP contribution in [0.2, 0.25) is 0 Å². The lowest BCUT2D eigenvalue weighted by Crippen LogP contribution is -2.30. The van der Waals surface area contributed by atoms with Gasteiger partial charge in [0.1, 0.15) is 11.6 Å². The van der Waals surface area contributed by atoms with Crippen molar-refractivity contribution < 1.29 is 13.9 Å². The van der Waals surface area contributed by atoms with Crippen molar-refractivity contribution in [2.45, 2.75) is 31.4 Å². The van der Waals surface area contributed by atoms with Gasteiger partial charge in [0.2, 0.25) is 0 Å². The fraction of sp³-hybridized carbons (Fsp3) is 0.625. The summed E-state index contributed by atoms with van der Waals surface area (Å²) in [5.74, 6) is -0.497. The Hall–Kier alpha value is -1.04. The smallest absolute Gasteiger partial charge is 0.129 e. The summed E-state index contributed by atoms with van der Waals surface area (Å²) in [7, 11) is 0. The van der Waals surface area contributed by atoms with Crippen LogP contribution in [-0.4, -0.2) is 42.2 Å². The molecule has 2 N–H and O–H groups in total. The summed E-state index contributed by atoms with van der Waals surface area (Å²) in [6.07, 6.45) is 2.82. The maximum Gasteiger partial charge on any atom is 0.129 e. The number of nitrogens with zero attached hydrogens (tertiary/aromatic N) is 1. The third kappa shape index (κ3) is 3.78. The Balaban J connectivity index is 1.43. The molecule has 0 radical (unpaired) electrons. The minimum Gasteiger partial charge on any atom is -0.387 e. The first kappa shape index (κ1) is 14.9. The average Bonchev–Trinajstić information content (AvgIpc) is 3.21. The van der Waals surface area contributed by atoms with Crippen molar-refractivity contribution in [3.63, 3.8) is 0 Å². The first-order valence-electron chi connectivity index (χ1n) is 7.71. The van der Waals surface area contributed by atoms with Crippen LogP contribution >= 0.6 is 0 Å². The minimum absolute atomic E-state index is 0.0218. The van der Waals surface area contributed by atoms with Crippen molar-refractivity contribution in [2.24, 2.45) is 5.92 Å². The summed E-state index contributed by atoms with van der Waals surface area (Å²) in [4.78, 5) is 2.54. The van der Waals surface area contributed by atoms with Crippen molar-refractivity contribution in [1.29, 1.82) is 0 Å². The van der Waals surface area contributed by atoms with Crippen molar-refractivity contribution >= 4 is 0 Å². The maximum absolute atomic E-state index is 13.5. The quantitative estimate of drug-likeness (QED) is 0.843. The molecule has 1 heterocycles. The maximum atomic E-state index is 13.5. The van der Waals surface area contributed by atoms with E-state index >= 15 is 0 Å². The molecule has 1 aliphatic carbocycles. The van der Waals surface area contributed by atoms with Gasteiger partial charge >= 0.3 is 0 Å². The van der Waals surface area contributed by atoms with Crippen LogP contribution in [0.3, 0.4) is 0 Å². The van der Waals surface area contributed by atoms with Crippen LogP contribution < -0.4 is 5.32 Å². The molecular weight excluding hydrogens is 274 g/mol. The SMILES string of the molecule is OC(CNCC1CCN(C2CC2)C1)c1cc(F)ccc1F. The Kier molecular flexibility index (Phi) is 4.52. The molecule has 0 spiro atoms. The Labute approximate surface area is 124 Å². The van der Waals surface area contributed by atoms with E-state index in [1.54, 1.807) is 0 Å². The highest BCUT2D eigenvalue weighted by atomic mass is 19.1. The van der Waals surface area contributed by atoms with Gasteiger partial charge < -0.3 is 15.3 Å². The van der Waals surface area contributed by atoms with E-state index in [1.165, 1.54) is 19.3 Å². The van der Waals surface area contributed by atoms with Gasteiger partial charge in [-0.1, -0.05) is 0 Å². The van der Waals surface area contributed by atoms with E-state index in [9.17, 15) is 13.9 Å². The number of hydrogen-bond acceptors (Lipinski definition) is 3. The monoisotopic (exact) mass is 296 g/mol. The van der Waals surface area contributed by atoms with Gasteiger partial charge in [0.25, 0.3) is 0 Å². The van der Waals surface area contributed by atoms with Crippen LogP contribution in [0.1, 0.15) is 30.9 Å². The molecule has 0 bridgehead atoms. The number of halogens is 2. The van der Waals surface area contributed by atoms with Crippen LogP contribution in [0.25, 0.3) is 0 Å². The molecule has 2 atom stereocenters. The molecule has 21 heavy (non-hydrogen) atoms. The fourth-order valence-electron chi connectivity index (χ4n) is 3.10. The van der Waals surface area contributed by atoms with Gasteiger partial charge in [0.05, 0.1) is 6.10 Å². The highest BCUT2D eigenvalue weighted by Gasteiger charge is 2.34. The molecule has 1 aromatic carbocycles. The van der Waals surface area contributed by atoms with Gasteiger partial charge in [-0.3, -0.25) is 0 Å². The van der Waals surface area contributed by atoms with E-state index in [2.05, 4.69) is 10.2 Å². The lowest BCUT2D eigenvalue weighted by molar-refractivity contribution is 0.167. The van der Waals surface area contributed by atoms with E-state index < -0.39 is 17.7 Å². The highest BCUT2D eigenvalue weighted by Crippen LogP contribution is 2.31. The number of hydrogen-bond donors (Lipinski definition) is 2. The summed E-state index contributed by atoms with van der Waals surface area (Å²) in [5.41, 5.74) is 0.0218. The predicted molar refractivity (Wildman–Crippen MR) is 76.9 cm³/mol. The first-order chi connectivity index (χ1) is 10.1. The number of aliphatic hydroxyl groups excluding tert-OH is 1. The number of benzene rings is 1. The summed E-state index contributed by atoms with van der Waals surface area (Å²) in [5, 5.41) is 13.2. The molecule has 0 aromatic heterocycles. The van der Waals surface area contributed by atoms with Crippen molar-refractivity contribution in [3.8, 4) is 0 Å². The average molecular weight is 296 g/mol. The summed E-state index contributed by atoms with van der Waals surface area (Å²) in [6.45, 7) is 3.34. The second-order valence-corrected chi connectivity index (χ2v) is 6.22. The van der Waals surface area contributed by atoms with Crippen molar-refractivity contribution in [3.05, 3.63) is 35.4 Å². The zero-order valence-electron chi connectivity index (χ0n) is 12.1. The number of rotatable bonds is 6. The zero-order chi connectivity index (χ0) is 14.8. The Morgan fingerprint density at radius 1 is 1.29 bits per heavy atom. The molecule has 2 unspecified atom stereocenters. The topological polar surface area (TPSA) is 35.5 Å². The van der Waals surface area contributed by atoms with Gasteiger partial charge in [-0.05, 0) is 56.5 Å². The van der Waals surface area contributed by atoms with Crippen LogP contribution in [0.5, 0.6) is 0 Å². The molecule has 2 fully saturated rings. The number of aliphatic hydroxyl groups is 1. The lowest BCUT2D eigenvalue weighted by atomic mass is 10.1. The molecule has 0 amide bonds. The Morgan fingerprint density at radius 2 is 2.10 bits per heavy atom. The molecule has 5 heteroatoms. The van der Waals surface area contributed by atoms with E-state index in [-0.39, 0.29) is 12.1 Å². The standard InChI is InChI=1S/C16H22F2N2O/c17-12-1-4-15(18)14(7-12)16(21)9-19-8-11-5-6-20(10-11)13-2-3-13/h1,4,7,11,13,16,19,21H,2-3,5-6,8-10H2. The van der Waals surface area contributed by atoms with Crippen molar-refractivity contribution in [2.75, 3.05) is 26.2 Å². The largest absolute Gasteiger partial charge is 0.387 e. The Bertz CT molecular complexity index is 493. The van der Waals surface area contributed by atoms with Gasteiger partial charge in [0, 0.05) is 24.7 Å². The van der Waals surface area contributed by atoms with E-state index in [0.717, 1.165) is 43.9 Å². The van der Waals surface area contributed by atoms with E-state index in [0.29, 0.717) is 5.92 Å². The Morgan fingerprint density at radius 3 is 2.86 bits per heavy atom. The van der Waals surface area contributed by atoms with Crippen LogP contribution in [0.15, 0.2) is 18.2 Å². The summed E-state index contributed by atoms with van der Waals surface area (Å²) >= 11 is 0. The second-order valence-electron chi connectivity index (χ2n) is 6.22. The highest BCUT2D eigenvalue weighted by molar-refractivity contribution is 5.21. The predicted octanol–water partition coefficient (Wildman–Crippen LogP) is 2.07. The van der Waals surface area contributed by atoms with Crippen LogP contribution in [-0.2, 0) is 0 Å². The van der Waals surface area contributed by atoms with Crippen LogP contribution in [0, 0.1) is 17.6 Å². The molecule has 1 aromatic rings. The molecule has 1 saturated carbocycles. The van der Waals surface area contributed by atoms with Gasteiger partial charge in [-0.15, -0.1) is 0 Å².